The lowest BCUT2D eigenvalue weighted by atomic mass is 10.1. The third-order valence-electron chi connectivity index (χ3n) is 2.53. The van der Waals surface area contributed by atoms with Crippen LogP contribution in [0.3, 0.4) is 0 Å². The molecule has 0 aliphatic rings. The number of rotatable bonds is 7. The molecule has 0 aliphatic heterocycles. The van der Waals surface area contributed by atoms with Crippen LogP contribution in [0.2, 0.25) is 0 Å². The smallest absolute Gasteiger partial charge is 0.257 e. The second kappa shape index (κ2) is 7.94. The number of ketones is 1. The second-order valence-corrected chi connectivity index (χ2v) is 5.10. The molecule has 0 aromatic heterocycles. The molecule has 1 aromatic rings. The largest absolute Gasteiger partial charge is 0.483 e. The molecular weight excluding hydrogens is 310 g/mol. The first kappa shape index (κ1) is 15.7. The van der Waals surface area contributed by atoms with E-state index in [2.05, 4.69) is 28.2 Å². The number of ether oxygens (including phenoxy) is 1. The predicted molar refractivity (Wildman–Crippen MR) is 77.6 cm³/mol. The van der Waals surface area contributed by atoms with Crippen LogP contribution in [0, 0.1) is 0 Å². The highest BCUT2D eigenvalue weighted by atomic mass is 79.9. The Kier molecular flexibility index (Phi) is 6.56. The summed E-state index contributed by atoms with van der Waals surface area (Å²) in [5, 5.41) is 2.76. The van der Waals surface area contributed by atoms with Gasteiger partial charge in [0, 0.05) is 11.0 Å². The second-order valence-electron chi connectivity index (χ2n) is 4.19. The number of hydrogen-bond acceptors (Lipinski definition) is 3. The molecular formula is C14H18BrNO3. The Hall–Kier alpha value is -1.36. The summed E-state index contributed by atoms with van der Waals surface area (Å²) in [7, 11) is 0. The normalized spacial score (nSPS) is 10.1. The minimum absolute atomic E-state index is 0.0829. The zero-order valence-electron chi connectivity index (χ0n) is 11.2. The first-order valence-electron chi connectivity index (χ1n) is 6.24. The van der Waals surface area contributed by atoms with Crippen molar-refractivity contribution in [1.82, 2.24) is 5.32 Å². The molecule has 0 saturated carbocycles. The fraction of sp³-hybridized carbons (Fsp3) is 0.429. The molecule has 0 saturated heterocycles. The number of unbranched alkanes of at least 4 members (excludes halogenated alkanes) is 1. The van der Waals surface area contributed by atoms with E-state index >= 15 is 0 Å². The van der Waals surface area contributed by atoms with Crippen molar-refractivity contribution in [3.05, 3.63) is 28.2 Å². The van der Waals surface area contributed by atoms with E-state index in [1.807, 2.05) is 0 Å². The van der Waals surface area contributed by atoms with E-state index in [1.165, 1.54) is 6.92 Å². The van der Waals surface area contributed by atoms with Gasteiger partial charge in [-0.25, -0.2) is 0 Å². The van der Waals surface area contributed by atoms with Crippen molar-refractivity contribution in [2.45, 2.75) is 26.7 Å². The van der Waals surface area contributed by atoms with Gasteiger partial charge in [0.05, 0.1) is 5.56 Å². The van der Waals surface area contributed by atoms with Crippen molar-refractivity contribution in [2.24, 2.45) is 0 Å². The summed E-state index contributed by atoms with van der Waals surface area (Å²) in [5.41, 5.74) is 0.476. The standard InChI is InChI=1S/C14H18BrNO3/c1-3-4-7-16-14(18)9-19-13-8-11(15)5-6-12(13)10(2)17/h5-6,8H,3-4,7,9H2,1-2H3,(H,16,18). The van der Waals surface area contributed by atoms with Gasteiger partial charge in [0.2, 0.25) is 0 Å². The molecule has 0 aliphatic carbocycles. The van der Waals surface area contributed by atoms with Crippen molar-refractivity contribution >= 4 is 27.6 Å². The molecule has 4 nitrogen and oxygen atoms in total. The van der Waals surface area contributed by atoms with E-state index in [-0.39, 0.29) is 18.3 Å². The summed E-state index contributed by atoms with van der Waals surface area (Å²) in [6.07, 6.45) is 1.97. The fourth-order valence-corrected chi connectivity index (χ4v) is 1.85. The van der Waals surface area contributed by atoms with Gasteiger partial charge in [-0.1, -0.05) is 29.3 Å². The van der Waals surface area contributed by atoms with Crippen molar-refractivity contribution in [3.8, 4) is 5.75 Å². The van der Waals surface area contributed by atoms with Crippen LogP contribution in [0.4, 0.5) is 0 Å². The summed E-state index contributed by atoms with van der Waals surface area (Å²) >= 11 is 3.31. The first-order chi connectivity index (χ1) is 9.04. The third kappa shape index (κ3) is 5.42. The Morgan fingerprint density at radius 3 is 2.74 bits per heavy atom. The van der Waals surface area contributed by atoms with Gasteiger partial charge in [-0.05, 0) is 31.5 Å². The number of nitrogens with one attached hydrogen (secondary N) is 1. The summed E-state index contributed by atoms with van der Waals surface area (Å²) in [5.74, 6) is 0.157. The molecule has 0 heterocycles. The summed E-state index contributed by atoms with van der Waals surface area (Å²) in [6, 6.07) is 5.14. The number of Topliss-reactive ketones (excluding diaryl/α,β-unsaturated/α-hetero) is 1. The van der Waals surface area contributed by atoms with Gasteiger partial charge in [0.25, 0.3) is 5.91 Å². The Morgan fingerprint density at radius 1 is 1.37 bits per heavy atom. The van der Waals surface area contributed by atoms with Gasteiger partial charge in [-0.3, -0.25) is 9.59 Å². The number of benzene rings is 1. The molecule has 19 heavy (non-hydrogen) atoms. The highest BCUT2D eigenvalue weighted by Crippen LogP contribution is 2.24. The van der Waals surface area contributed by atoms with Gasteiger partial charge in [-0.2, -0.15) is 0 Å². The Morgan fingerprint density at radius 2 is 2.11 bits per heavy atom. The lowest BCUT2D eigenvalue weighted by Gasteiger charge is -2.10. The SMILES string of the molecule is CCCCNC(=O)COc1cc(Br)ccc1C(C)=O. The van der Waals surface area contributed by atoms with E-state index in [0.717, 1.165) is 17.3 Å². The molecule has 0 spiro atoms. The van der Waals surface area contributed by atoms with E-state index in [9.17, 15) is 9.59 Å². The molecule has 0 atom stereocenters. The quantitative estimate of drug-likeness (QED) is 0.618. The molecule has 1 amide bonds. The molecule has 0 bridgehead atoms. The topological polar surface area (TPSA) is 55.4 Å². The van der Waals surface area contributed by atoms with Crippen molar-refractivity contribution < 1.29 is 14.3 Å². The van der Waals surface area contributed by atoms with Crippen LogP contribution in [0.25, 0.3) is 0 Å². The molecule has 5 heteroatoms. The fourth-order valence-electron chi connectivity index (χ4n) is 1.51. The van der Waals surface area contributed by atoms with Crippen molar-refractivity contribution in [2.75, 3.05) is 13.2 Å². The minimum atomic E-state index is -0.178. The Balaban J connectivity index is 2.59. The van der Waals surface area contributed by atoms with Gasteiger partial charge >= 0.3 is 0 Å². The van der Waals surface area contributed by atoms with Gasteiger partial charge < -0.3 is 10.1 Å². The van der Waals surface area contributed by atoms with Gasteiger partial charge in [-0.15, -0.1) is 0 Å². The summed E-state index contributed by atoms with van der Waals surface area (Å²) in [6.45, 7) is 4.10. The van der Waals surface area contributed by atoms with Crippen LogP contribution in [-0.4, -0.2) is 24.8 Å². The lowest BCUT2D eigenvalue weighted by Crippen LogP contribution is -2.29. The van der Waals surface area contributed by atoms with Crippen LogP contribution in [0.15, 0.2) is 22.7 Å². The first-order valence-corrected chi connectivity index (χ1v) is 7.04. The number of carbonyl (C=O) groups excluding carboxylic acids is 2. The lowest BCUT2D eigenvalue weighted by molar-refractivity contribution is -0.123. The molecule has 0 radical (unpaired) electrons. The summed E-state index contributed by atoms with van der Waals surface area (Å²) < 4.78 is 6.21. The van der Waals surface area contributed by atoms with Gasteiger partial charge in [0.15, 0.2) is 12.4 Å². The maximum Gasteiger partial charge on any atom is 0.257 e. The summed E-state index contributed by atoms with van der Waals surface area (Å²) in [4.78, 5) is 23.0. The average Bonchev–Trinajstić information content (AvgIpc) is 2.36. The highest BCUT2D eigenvalue weighted by molar-refractivity contribution is 9.10. The van der Waals surface area contributed by atoms with Crippen LogP contribution >= 0.6 is 15.9 Å². The molecule has 0 unspecified atom stereocenters. The third-order valence-corrected chi connectivity index (χ3v) is 3.03. The van der Waals surface area contributed by atoms with Crippen LogP contribution in [0.5, 0.6) is 5.75 Å². The molecule has 0 fully saturated rings. The van der Waals surface area contributed by atoms with E-state index in [0.29, 0.717) is 17.9 Å². The minimum Gasteiger partial charge on any atom is -0.483 e. The number of carbonyl (C=O) groups is 2. The molecule has 1 aromatic carbocycles. The van der Waals surface area contributed by atoms with Crippen molar-refractivity contribution in [3.63, 3.8) is 0 Å². The zero-order valence-corrected chi connectivity index (χ0v) is 12.7. The number of hydrogen-bond donors (Lipinski definition) is 1. The maximum atomic E-state index is 11.5. The van der Waals surface area contributed by atoms with Gasteiger partial charge in [0.1, 0.15) is 5.75 Å². The Bertz CT molecular complexity index is 460. The predicted octanol–water partition coefficient (Wildman–Crippen LogP) is 2.95. The molecule has 104 valence electrons. The number of amides is 1. The molecule has 1 rings (SSSR count). The van der Waals surface area contributed by atoms with E-state index < -0.39 is 0 Å². The highest BCUT2D eigenvalue weighted by Gasteiger charge is 2.10. The van der Waals surface area contributed by atoms with Crippen LogP contribution < -0.4 is 10.1 Å². The average molecular weight is 328 g/mol. The van der Waals surface area contributed by atoms with E-state index in [4.69, 9.17) is 4.74 Å². The van der Waals surface area contributed by atoms with Crippen LogP contribution in [-0.2, 0) is 4.79 Å². The Labute approximate surface area is 121 Å². The monoisotopic (exact) mass is 327 g/mol. The zero-order chi connectivity index (χ0) is 14.3. The number of halogens is 1. The molecule has 1 N–H and O–H groups in total. The van der Waals surface area contributed by atoms with E-state index in [1.54, 1.807) is 18.2 Å². The van der Waals surface area contributed by atoms with Crippen LogP contribution in [0.1, 0.15) is 37.0 Å². The van der Waals surface area contributed by atoms with Crippen molar-refractivity contribution in [1.29, 1.82) is 0 Å². The maximum absolute atomic E-state index is 11.5.